The molecule has 3 rings (SSSR count). The number of benzene rings is 2. The normalized spacial score (nSPS) is 10.8. The van der Waals surface area contributed by atoms with Gasteiger partial charge in [-0.15, -0.1) is 0 Å². The number of aromatic amines is 1. The third-order valence-corrected chi connectivity index (χ3v) is 4.61. The van der Waals surface area contributed by atoms with Crippen molar-refractivity contribution in [3.05, 3.63) is 51.8 Å². The van der Waals surface area contributed by atoms with E-state index in [1.807, 2.05) is 44.2 Å². The minimum Gasteiger partial charge on any atom is -0.496 e. The molecular formula is C20H23ClN4O3S. The Morgan fingerprint density at radius 2 is 1.90 bits per heavy atom. The van der Waals surface area contributed by atoms with E-state index in [1.54, 1.807) is 25.0 Å². The Morgan fingerprint density at radius 1 is 1.17 bits per heavy atom. The van der Waals surface area contributed by atoms with Crippen molar-refractivity contribution in [2.75, 3.05) is 19.6 Å². The molecule has 0 radical (unpaired) electrons. The van der Waals surface area contributed by atoms with E-state index in [9.17, 15) is 0 Å². The number of hydrogen-bond acceptors (Lipinski definition) is 6. The summed E-state index contributed by atoms with van der Waals surface area (Å²) >= 11 is 11.7. The minimum atomic E-state index is -0.0240. The second kappa shape index (κ2) is 9.19. The van der Waals surface area contributed by atoms with Crippen LogP contribution in [0.15, 0.2) is 36.4 Å². The number of para-hydroxylation sites is 1. The number of methoxy groups -OCH3 is 2. The molecule has 3 aromatic rings. The molecular weight excluding hydrogens is 412 g/mol. The van der Waals surface area contributed by atoms with E-state index < -0.39 is 0 Å². The van der Waals surface area contributed by atoms with Crippen LogP contribution in [0.25, 0.3) is 11.4 Å². The second-order valence-electron chi connectivity index (χ2n) is 6.49. The molecule has 0 saturated heterocycles. The smallest absolute Gasteiger partial charge is 0.214 e. The molecule has 0 aliphatic heterocycles. The molecule has 2 N–H and O–H groups in total. The zero-order valence-electron chi connectivity index (χ0n) is 16.7. The first kappa shape index (κ1) is 21.0. The zero-order valence-corrected chi connectivity index (χ0v) is 18.2. The molecule has 0 aliphatic rings. The Morgan fingerprint density at radius 3 is 2.59 bits per heavy atom. The van der Waals surface area contributed by atoms with Gasteiger partial charge >= 0.3 is 0 Å². The minimum absolute atomic E-state index is 0.0240. The SMILES string of the molecule is COc1ccccc1-c1n[nH]c(=S)n1NCc1cc(Cl)cc(OC)c1OC(C)C. The average Bonchev–Trinajstić information content (AvgIpc) is 3.07. The van der Waals surface area contributed by atoms with Crippen molar-refractivity contribution in [1.29, 1.82) is 0 Å². The summed E-state index contributed by atoms with van der Waals surface area (Å²) in [6.45, 7) is 4.30. The van der Waals surface area contributed by atoms with Gasteiger partial charge in [0.1, 0.15) is 5.75 Å². The molecule has 0 amide bonds. The van der Waals surface area contributed by atoms with E-state index in [-0.39, 0.29) is 6.10 Å². The van der Waals surface area contributed by atoms with Crippen LogP contribution in [0.3, 0.4) is 0 Å². The van der Waals surface area contributed by atoms with Gasteiger partial charge < -0.3 is 19.6 Å². The topological polar surface area (TPSA) is 73.3 Å². The van der Waals surface area contributed by atoms with Crippen LogP contribution in [-0.2, 0) is 6.54 Å². The lowest BCUT2D eigenvalue weighted by Gasteiger charge is -2.19. The molecule has 29 heavy (non-hydrogen) atoms. The maximum atomic E-state index is 6.27. The molecule has 7 nitrogen and oxygen atoms in total. The maximum absolute atomic E-state index is 6.27. The lowest BCUT2D eigenvalue weighted by Crippen LogP contribution is -2.18. The van der Waals surface area contributed by atoms with E-state index in [0.29, 0.717) is 39.4 Å². The van der Waals surface area contributed by atoms with Crippen molar-refractivity contribution in [1.82, 2.24) is 14.9 Å². The Bertz CT molecular complexity index is 1050. The first-order valence-corrected chi connectivity index (χ1v) is 9.81. The predicted molar refractivity (Wildman–Crippen MR) is 116 cm³/mol. The third-order valence-electron chi connectivity index (χ3n) is 4.12. The summed E-state index contributed by atoms with van der Waals surface area (Å²) in [5.41, 5.74) is 4.92. The average molecular weight is 435 g/mol. The molecule has 154 valence electrons. The Labute approximate surface area is 179 Å². The van der Waals surface area contributed by atoms with Crippen LogP contribution < -0.4 is 19.6 Å². The van der Waals surface area contributed by atoms with Gasteiger partial charge in [-0.2, -0.15) is 5.10 Å². The van der Waals surface area contributed by atoms with Gasteiger partial charge in [0, 0.05) is 16.7 Å². The van der Waals surface area contributed by atoms with Crippen LogP contribution in [0, 0.1) is 4.77 Å². The summed E-state index contributed by atoms with van der Waals surface area (Å²) in [4.78, 5) is 0. The number of hydrogen-bond donors (Lipinski definition) is 2. The van der Waals surface area contributed by atoms with Gasteiger partial charge in [-0.3, -0.25) is 0 Å². The first-order chi connectivity index (χ1) is 13.9. The largest absolute Gasteiger partial charge is 0.496 e. The van der Waals surface area contributed by atoms with Crippen molar-refractivity contribution >= 4 is 23.8 Å². The Balaban J connectivity index is 1.97. The van der Waals surface area contributed by atoms with Crippen molar-refractivity contribution < 1.29 is 14.2 Å². The summed E-state index contributed by atoms with van der Waals surface area (Å²) in [7, 11) is 3.20. The molecule has 0 unspecified atom stereocenters. The van der Waals surface area contributed by atoms with Gasteiger partial charge in [0.2, 0.25) is 4.77 Å². The van der Waals surface area contributed by atoms with Crippen molar-refractivity contribution in [2.24, 2.45) is 0 Å². The Hall–Kier alpha value is -2.71. The summed E-state index contributed by atoms with van der Waals surface area (Å²) < 4.78 is 19.0. The van der Waals surface area contributed by atoms with Gasteiger partial charge in [-0.05, 0) is 44.3 Å². The fourth-order valence-corrected chi connectivity index (χ4v) is 3.32. The molecule has 0 aliphatic carbocycles. The standard InChI is InChI=1S/C20H23ClN4O3S/c1-12(2)28-18-13(9-14(21)10-17(18)27-4)11-22-25-19(23-24-20(25)29)15-7-5-6-8-16(15)26-3/h5-10,12,22H,11H2,1-4H3,(H,24,29). The highest BCUT2D eigenvalue weighted by Crippen LogP contribution is 2.36. The number of H-pyrrole nitrogens is 1. The fourth-order valence-electron chi connectivity index (χ4n) is 2.89. The molecule has 0 bridgehead atoms. The van der Waals surface area contributed by atoms with E-state index in [1.165, 1.54) is 0 Å². The number of aromatic nitrogens is 3. The molecule has 0 saturated carbocycles. The van der Waals surface area contributed by atoms with E-state index in [2.05, 4.69) is 15.6 Å². The number of nitrogens with zero attached hydrogens (tertiary/aromatic N) is 2. The van der Waals surface area contributed by atoms with Gasteiger partial charge in [-0.1, -0.05) is 23.7 Å². The molecule has 0 atom stereocenters. The van der Waals surface area contributed by atoms with E-state index >= 15 is 0 Å². The lowest BCUT2D eigenvalue weighted by molar-refractivity contribution is 0.227. The lowest BCUT2D eigenvalue weighted by atomic mass is 10.1. The highest BCUT2D eigenvalue weighted by atomic mass is 35.5. The van der Waals surface area contributed by atoms with Crippen LogP contribution in [0.1, 0.15) is 19.4 Å². The number of nitrogens with one attached hydrogen (secondary N) is 2. The van der Waals surface area contributed by atoms with Crippen LogP contribution in [0.5, 0.6) is 17.2 Å². The zero-order chi connectivity index (χ0) is 21.0. The van der Waals surface area contributed by atoms with Crippen LogP contribution >= 0.6 is 23.8 Å². The summed E-state index contributed by atoms with van der Waals surface area (Å²) in [6, 6.07) is 11.2. The van der Waals surface area contributed by atoms with Crippen molar-refractivity contribution in [3.63, 3.8) is 0 Å². The van der Waals surface area contributed by atoms with Gasteiger partial charge in [-0.25, -0.2) is 9.77 Å². The second-order valence-corrected chi connectivity index (χ2v) is 7.31. The van der Waals surface area contributed by atoms with Gasteiger partial charge in [0.15, 0.2) is 17.3 Å². The molecule has 0 spiro atoms. The third kappa shape index (κ3) is 4.65. The summed E-state index contributed by atoms with van der Waals surface area (Å²) in [5.74, 6) is 2.50. The number of ether oxygens (including phenoxy) is 3. The molecule has 9 heteroatoms. The highest BCUT2D eigenvalue weighted by Gasteiger charge is 2.17. The summed E-state index contributed by atoms with van der Waals surface area (Å²) in [6.07, 6.45) is -0.0240. The quantitative estimate of drug-likeness (QED) is 0.496. The number of rotatable bonds is 8. The van der Waals surface area contributed by atoms with E-state index in [0.717, 1.165) is 11.1 Å². The Kier molecular flexibility index (Phi) is 6.66. The van der Waals surface area contributed by atoms with E-state index in [4.69, 9.17) is 38.0 Å². The van der Waals surface area contributed by atoms with Gasteiger partial charge in [0.25, 0.3) is 0 Å². The first-order valence-electron chi connectivity index (χ1n) is 9.02. The predicted octanol–water partition coefficient (Wildman–Crippen LogP) is 4.81. The van der Waals surface area contributed by atoms with Crippen molar-refractivity contribution in [3.8, 4) is 28.6 Å². The van der Waals surface area contributed by atoms with Crippen LogP contribution in [0.2, 0.25) is 5.02 Å². The molecule has 1 heterocycles. The van der Waals surface area contributed by atoms with Crippen LogP contribution in [-0.4, -0.2) is 35.2 Å². The number of halogens is 1. The summed E-state index contributed by atoms with van der Waals surface area (Å²) in [5, 5.41) is 7.72. The molecule has 1 aromatic heterocycles. The maximum Gasteiger partial charge on any atom is 0.214 e. The monoisotopic (exact) mass is 434 g/mol. The molecule has 2 aromatic carbocycles. The van der Waals surface area contributed by atoms with Crippen molar-refractivity contribution in [2.45, 2.75) is 26.5 Å². The van der Waals surface area contributed by atoms with Gasteiger partial charge in [0.05, 0.1) is 32.4 Å². The highest BCUT2D eigenvalue weighted by molar-refractivity contribution is 7.71. The fraction of sp³-hybridized carbons (Fsp3) is 0.300. The van der Waals surface area contributed by atoms with Crippen LogP contribution in [0.4, 0.5) is 0 Å². The molecule has 0 fully saturated rings.